The number of unbranched alkanes of at least 4 members (excludes halogenated alkanes) is 14. The topological polar surface area (TPSA) is 186 Å². The Morgan fingerprint density at radius 1 is 0.500 bits per heavy atom. The Kier molecular flexibility index (Phi) is 19.7. The standard InChI is InChI=1S/C18H36O2.C8H10O8/c1-2-3-4-5-6-7-8-9-10-11-12-13-14-15-16-17-18(19)20;1-3(9)7(15,5(11)12)8(16,4(2)10)6(13)14/h2-17H2,1H3,(H,19,20);15-16H,1-2H3,(H,11,12)(H,13,14). The van der Waals surface area contributed by atoms with E-state index in [9.17, 15) is 34.2 Å². The minimum atomic E-state index is -3.72. The monoisotopic (exact) mass is 518 g/mol. The van der Waals surface area contributed by atoms with Crippen LogP contribution < -0.4 is 0 Å². The lowest BCUT2D eigenvalue weighted by atomic mass is 9.77. The molecule has 10 nitrogen and oxygen atoms in total. The Hall–Kier alpha value is -2.33. The minimum absolute atomic E-state index is 0.345. The van der Waals surface area contributed by atoms with Crippen molar-refractivity contribution in [1.82, 2.24) is 0 Å². The molecule has 2 atom stereocenters. The molecular weight excluding hydrogens is 472 g/mol. The lowest BCUT2D eigenvalue weighted by molar-refractivity contribution is -0.206. The molecule has 2 unspecified atom stereocenters. The van der Waals surface area contributed by atoms with Crippen molar-refractivity contribution in [3.05, 3.63) is 0 Å². The summed E-state index contributed by atoms with van der Waals surface area (Å²) in [4.78, 5) is 53.6. The number of carbonyl (C=O) groups is 5. The van der Waals surface area contributed by atoms with Crippen LogP contribution >= 0.6 is 0 Å². The lowest BCUT2D eigenvalue weighted by Crippen LogP contribution is -2.70. The highest BCUT2D eigenvalue weighted by Crippen LogP contribution is 2.26. The van der Waals surface area contributed by atoms with E-state index in [1.807, 2.05) is 0 Å². The van der Waals surface area contributed by atoms with E-state index in [2.05, 4.69) is 6.92 Å². The van der Waals surface area contributed by atoms with Gasteiger partial charge in [0.05, 0.1) is 0 Å². The van der Waals surface area contributed by atoms with Crippen LogP contribution in [0.25, 0.3) is 0 Å². The molecule has 10 heteroatoms. The number of Topliss-reactive ketones (excluding diaryl/α,β-unsaturated/α-hetero) is 2. The van der Waals surface area contributed by atoms with E-state index in [4.69, 9.17) is 15.3 Å². The average Bonchev–Trinajstić information content (AvgIpc) is 2.80. The van der Waals surface area contributed by atoms with Gasteiger partial charge in [0, 0.05) is 6.42 Å². The van der Waals surface area contributed by atoms with Crippen LogP contribution in [0.1, 0.15) is 124 Å². The third kappa shape index (κ3) is 13.1. The van der Waals surface area contributed by atoms with Crippen LogP contribution in [0.2, 0.25) is 0 Å². The number of carboxylic acid groups (broad SMARTS) is 3. The van der Waals surface area contributed by atoms with Gasteiger partial charge in [-0.3, -0.25) is 14.4 Å². The van der Waals surface area contributed by atoms with Crippen LogP contribution in [0.5, 0.6) is 0 Å². The molecule has 210 valence electrons. The van der Waals surface area contributed by atoms with Gasteiger partial charge in [0.15, 0.2) is 11.6 Å². The van der Waals surface area contributed by atoms with Crippen molar-refractivity contribution in [2.45, 2.75) is 135 Å². The second-order valence-electron chi connectivity index (χ2n) is 9.24. The molecule has 0 spiro atoms. The molecule has 0 radical (unpaired) electrons. The molecule has 0 aliphatic heterocycles. The smallest absolute Gasteiger partial charge is 0.347 e. The summed E-state index contributed by atoms with van der Waals surface area (Å²) in [6, 6.07) is 0. The van der Waals surface area contributed by atoms with Crippen molar-refractivity contribution in [3.63, 3.8) is 0 Å². The third-order valence-corrected chi connectivity index (χ3v) is 6.16. The fourth-order valence-corrected chi connectivity index (χ4v) is 3.77. The predicted molar refractivity (Wildman–Crippen MR) is 134 cm³/mol. The van der Waals surface area contributed by atoms with Gasteiger partial charge in [-0.05, 0) is 20.3 Å². The van der Waals surface area contributed by atoms with Gasteiger partial charge in [-0.2, -0.15) is 0 Å². The number of carboxylic acids is 3. The molecule has 0 aromatic carbocycles. The highest BCUT2D eigenvalue weighted by Gasteiger charge is 2.67. The van der Waals surface area contributed by atoms with E-state index in [0.29, 0.717) is 20.3 Å². The number of hydrogen-bond donors (Lipinski definition) is 5. The second kappa shape index (κ2) is 19.8. The molecule has 0 saturated carbocycles. The molecule has 0 amide bonds. The van der Waals surface area contributed by atoms with E-state index in [1.54, 1.807) is 0 Å². The maximum atomic E-state index is 11.0. The molecule has 0 bridgehead atoms. The predicted octanol–water partition coefficient (Wildman–Crippen LogP) is 4.13. The first-order chi connectivity index (χ1) is 16.8. The summed E-state index contributed by atoms with van der Waals surface area (Å²) in [5.41, 5.74) is -7.44. The largest absolute Gasteiger partial charge is 0.481 e. The summed E-state index contributed by atoms with van der Waals surface area (Å²) in [6.45, 7) is 3.36. The summed E-state index contributed by atoms with van der Waals surface area (Å²) in [6.07, 6.45) is 20.2. The van der Waals surface area contributed by atoms with E-state index in [1.165, 1.54) is 83.5 Å². The Labute approximate surface area is 214 Å². The normalized spacial score (nSPS) is 14.0. The Balaban J connectivity index is 0. The first-order valence-electron chi connectivity index (χ1n) is 12.9. The molecular formula is C26H46O10. The van der Waals surface area contributed by atoms with Gasteiger partial charge in [-0.25, -0.2) is 9.59 Å². The molecule has 0 rings (SSSR count). The van der Waals surface area contributed by atoms with Gasteiger partial charge in [0.1, 0.15) is 0 Å². The van der Waals surface area contributed by atoms with Gasteiger partial charge in [0.25, 0.3) is 11.2 Å². The Morgan fingerprint density at radius 2 is 0.750 bits per heavy atom. The highest BCUT2D eigenvalue weighted by atomic mass is 16.5. The van der Waals surface area contributed by atoms with Gasteiger partial charge in [-0.1, -0.05) is 96.8 Å². The number of carbonyl (C=O) groups excluding carboxylic acids is 2. The molecule has 5 N–H and O–H groups in total. The van der Waals surface area contributed by atoms with Crippen LogP contribution in [0, 0.1) is 0 Å². The maximum Gasteiger partial charge on any atom is 0.347 e. The van der Waals surface area contributed by atoms with Crippen molar-refractivity contribution in [2.75, 3.05) is 0 Å². The number of rotatable bonds is 21. The Morgan fingerprint density at radius 3 is 0.944 bits per heavy atom. The van der Waals surface area contributed by atoms with Crippen molar-refractivity contribution < 1.29 is 49.5 Å². The zero-order valence-corrected chi connectivity index (χ0v) is 22.1. The number of ketones is 2. The fourth-order valence-electron chi connectivity index (χ4n) is 3.77. The van der Waals surface area contributed by atoms with Gasteiger partial charge < -0.3 is 25.5 Å². The van der Waals surface area contributed by atoms with Crippen LogP contribution in [-0.2, 0) is 24.0 Å². The molecule has 36 heavy (non-hydrogen) atoms. The number of aliphatic hydroxyl groups is 2. The summed E-state index contributed by atoms with van der Waals surface area (Å²) in [7, 11) is 0. The van der Waals surface area contributed by atoms with Crippen molar-refractivity contribution in [2.24, 2.45) is 0 Å². The fraction of sp³-hybridized carbons (Fsp3) is 0.808. The van der Waals surface area contributed by atoms with Crippen molar-refractivity contribution in [1.29, 1.82) is 0 Å². The van der Waals surface area contributed by atoms with E-state index in [0.717, 1.165) is 12.8 Å². The highest BCUT2D eigenvalue weighted by molar-refractivity contribution is 6.20. The van der Waals surface area contributed by atoms with Gasteiger partial charge >= 0.3 is 17.9 Å². The van der Waals surface area contributed by atoms with Crippen LogP contribution in [0.4, 0.5) is 0 Å². The molecule has 0 aliphatic rings. The minimum Gasteiger partial charge on any atom is -0.481 e. The molecule has 0 saturated heterocycles. The summed E-state index contributed by atoms with van der Waals surface area (Å²) in [5, 5.41) is 44.5. The lowest BCUT2D eigenvalue weighted by Gasteiger charge is -2.32. The average molecular weight is 519 g/mol. The van der Waals surface area contributed by atoms with E-state index in [-0.39, 0.29) is 0 Å². The van der Waals surface area contributed by atoms with Gasteiger partial charge in [0.2, 0.25) is 0 Å². The maximum absolute atomic E-state index is 11.0. The summed E-state index contributed by atoms with van der Waals surface area (Å²) < 4.78 is 0. The van der Waals surface area contributed by atoms with E-state index >= 15 is 0 Å². The van der Waals surface area contributed by atoms with Crippen molar-refractivity contribution >= 4 is 29.5 Å². The first kappa shape index (κ1) is 35.8. The number of aliphatic carboxylic acids is 3. The zero-order valence-electron chi connectivity index (χ0n) is 22.1. The summed E-state index contributed by atoms with van der Waals surface area (Å²) in [5.74, 6) is -8.43. The molecule has 0 fully saturated rings. The SMILES string of the molecule is CC(=O)C(O)(C(=O)O)C(O)(C(C)=O)C(=O)O.CCCCCCCCCCCCCCCCCC(=O)O. The molecule has 0 aromatic rings. The van der Waals surface area contributed by atoms with Crippen LogP contribution in [-0.4, -0.2) is 66.2 Å². The molecule has 0 aliphatic carbocycles. The van der Waals surface area contributed by atoms with Crippen LogP contribution in [0.3, 0.4) is 0 Å². The molecule has 0 aromatic heterocycles. The van der Waals surface area contributed by atoms with Crippen LogP contribution in [0.15, 0.2) is 0 Å². The van der Waals surface area contributed by atoms with E-state index < -0.39 is 40.7 Å². The quantitative estimate of drug-likeness (QED) is 0.109. The molecule has 0 heterocycles. The van der Waals surface area contributed by atoms with Crippen molar-refractivity contribution in [3.8, 4) is 0 Å². The first-order valence-corrected chi connectivity index (χ1v) is 12.9. The number of hydrogen-bond acceptors (Lipinski definition) is 7. The third-order valence-electron chi connectivity index (χ3n) is 6.16. The second-order valence-corrected chi connectivity index (χ2v) is 9.24. The summed E-state index contributed by atoms with van der Waals surface area (Å²) >= 11 is 0. The van der Waals surface area contributed by atoms with Gasteiger partial charge in [-0.15, -0.1) is 0 Å². The zero-order chi connectivity index (χ0) is 28.2. The Bertz CT molecular complexity index is 622.